The second-order valence-corrected chi connectivity index (χ2v) is 8.68. The van der Waals surface area contributed by atoms with Gasteiger partial charge in [-0.15, -0.1) is 0 Å². The SMILES string of the molecule is CC(C)CC(CBr)(CBr)C1CCS(=O)(=O)C1. The Balaban J connectivity index is 2.85. The largest absolute Gasteiger partial charge is 0.229 e. The van der Waals surface area contributed by atoms with E-state index in [9.17, 15) is 8.42 Å². The average molecular weight is 376 g/mol. The first kappa shape index (κ1) is 15.0. The second-order valence-electron chi connectivity index (χ2n) is 5.33. The molecule has 0 aromatic carbocycles. The molecular formula is C11H20Br2O2S. The van der Waals surface area contributed by atoms with Gasteiger partial charge in [-0.05, 0) is 30.1 Å². The standard InChI is InChI=1S/C11H20Br2O2S/c1-9(2)5-11(7-12,8-13)10-3-4-16(14,15)6-10/h9-10H,3-8H2,1-2H3. The van der Waals surface area contributed by atoms with E-state index in [0.717, 1.165) is 23.5 Å². The molecule has 0 saturated carbocycles. The van der Waals surface area contributed by atoms with Crippen LogP contribution >= 0.6 is 31.9 Å². The second kappa shape index (κ2) is 5.70. The first-order valence-electron chi connectivity index (χ1n) is 5.67. The number of sulfone groups is 1. The van der Waals surface area contributed by atoms with Gasteiger partial charge in [-0.1, -0.05) is 45.7 Å². The van der Waals surface area contributed by atoms with Crippen LogP contribution in [0.4, 0.5) is 0 Å². The molecule has 1 aliphatic rings. The Morgan fingerprint density at radius 1 is 1.31 bits per heavy atom. The first-order chi connectivity index (χ1) is 7.35. The molecular weight excluding hydrogens is 356 g/mol. The van der Waals surface area contributed by atoms with E-state index >= 15 is 0 Å². The fourth-order valence-electron chi connectivity index (χ4n) is 2.62. The molecule has 1 rings (SSSR count). The maximum atomic E-state index is 11.6. The highest BCUT2D eigenvalue weighted by atomic mass is 79.9. The highest BCUT2D eigenvalue weighted by Crippen LogP contribution is 2.43. The zero-order valence-corrected chi connectivity index (χ0v) is 13.9. The third kappa shape index (κ3) is 3.45. The van der Waals surface area contributed by atoms with Crippen molar-refractivity contribution in [3.63, 3.8) is 0 Å². The van der Waals surface area contributed by atoms with Gasteiger partial charge < -0.3 is 0 Å². The Morgan fingerprint density at radius 3 is 2.19 bits per heavy atom. The summed E-state index contributed by atoms with van der Waals surface area (Å²) in [6, 6.07) is 0. The molecule has 0 N–H and O–H groups in total. The van der Waals surface area contributed by atoms with Crippen molar-refractivity contribution in [3.05, 3.63) is 0 Å². The summed E-state index contributed by atoms with van der Waals surface area (Å²) in [5.74, 6) is 1.64. The Morgan fingerprint density at radius 2 is 1.88 bits per heavy atom. The smallest absolute Gasteiger partial charge is 0.150 e. The quantitative estimate of drug-likeness (QED) is 0.691. The summed E-state index contributed by atoms with van der Waals surface area (Å²) < 4.78 is 23.1. The van der Waals surface area contributed by atoms with Crippen LogP contribution in [-0.2, 0) is 9.84 Å². The topological polar surface area (TPSA) is 34.1 Å². The van der Waals surface area contributed by atoms with Crippen molar-refractivity contribution >= 4 is 41.7 Å². The molecule has 1 saturated heterocycles. The van der Waals surface area contributed by atoms with Crippen molar-refractivity contribution in [2.45, 2.75) is 26.7 Å². The summed E-state index contributed by atoms with van der Waals surface area (Å²) in [4.78, 5) is 0. The van der Waals surface area contributed by atoms with Gasteiger partial charge in [-0.3, -0.25) is 0 Å². The van der Waals surface area contributed by atoms with Crippen molar-refractivity contribution < 1.29 is 8.42 Å². The molecule has 1 unspecified atom stereocenters. The molecule has 0 amide bonds. The highest BCUT2D eigenvalue weighted by molar-refractivity contribution is 9.09. The molecule has 96 valence electrons. The van der Waals surface area contributed by atoms with E-state index in [4.69, 9.17) is 0 Å². The summed E-state index contributed by atoms with van der Waals surface area (Å²) in [6.07, 6.45) is 1.90. The lowest BCUT2D eigenvalue weighted by Crippen LogP contribution is -2.36. The Kier molecular flexibility index (Phi) is 5.33. The van der Waals surface area contributed by atoms with E-state index in [1.165, 1.54) is 0 Å². The van der Waals surface area contributed by atoms with E-state index in [1.54, 1.807) is 0 Å². The van der Waals surface area contributed by atoms with Crippen molar-refractivity contribution in [2.24, 2.45) is 17.3 Å². The molecule has 1 atom stereocenters. The molecule has 0 aromatic heterocycles. The zero-order chi connectivity index (χ0) is 12.4. The molecule has 5 heteroatoms. The lowest BCUT2D eigenvalue weighted by atomic mass is 9.73. The Labute approximate surface area is 116 Å². The van der Waals surface area contributed by atoms with Crippen LogP contribution in [-0.4, -0.2) is 30.6 Å². The van der Waals surface area contributed by atoms with Gasteiger partial charge in [-0.25, -0.2) is 8.42 Å². The van der Waals surface area contributed by atoms with Crippen LogP contribution in [0.1, 0.15) is 26.7 Å². The van der Waals surface area contributed by atoms with Gasteiger partial charge in [0.25, 0.3) is 0 Å². The normalized spacial score (nSPS) is 25.2. The van der Waals surface area contributed by atoms with Crippen molar-refractivity contribution in [2.75, 3.05) is 22.2 Å². The minimum atomic E-state index is -2.78. The van der Waals surface area contributed by atoms with Crippen LogP contribution in [0.15, 0.2) is 0 Å². The lowest BCUT2D eigenvalue weighted by Gasteiger charge is -2.37. The number of rotatable bonds is 5. The third-order valence-corrected chi connectivity index (χ3v) is 7.45. The fraction of sp³-hybridized carbons (Fsp3) is 1.00. The molecule has 1 heterocycles. The van der Waals surface area contributed by atoms with Gasteiger partial charge in [0.2, 0.25) is 0 Å². The monoisotopic (exact) mass is 374 g/mol. The Hall–Kier alpha value is 0.910. The minimum absolute atomic E-state index is 0.0950. The van der Waals surface area contributed by atoms with E-state index in [0.29, 0.717) is 23.3 Å². The first-order valence-corrected chi connectivity index (χ1v) is 9.74. The highest BCUT2D eigenvalue weighted by Gasteiger charge is 2.43. The lowest BCUT2D eigenvalue weighted by molar-refractivity contribution is 0.206. The van der Waals surface area contributed by atoms with Crippen LogP contribution < -0.4 is 0 Å². The van der Waals surface area contributed by atoms with E-state index < -0.39 is 9.84 Å². The predicted octanol–water partition coefficient (Wildman–Crippen LogP) is 3.24. The molecule has 2 nitrogen and oxygen atoms in total. The van der Waals surface area contributed by atoms with E-state index in [1.807, 2.05) is 0 Å². The van der Waals surface area contributed by atoms with Crippen LogP contribution in [0, 0.1) is 17.3 Å². The van der Waals surface area contributed by atoms with Crippen LogP contribution in [0.5, 0.6) is 0 Å². The van der Waals surface area contributed by atoms with Crippen molar-refractivity contribution in [1.29, 1.82) is 0 Å². The number of halogens is 2. The molecule has 0 aliphatic carbocycles. The molecule has 0 bridgehead atoms. The number of alkyl halides is 2. The Bertz CT molecular complexity index is 321. The van der Waals surface area contributed by atoms with E-state index in [2.05, 4.69) is 45.7 Å². The van der Waals surface area contributed by atoms with Crippen molar-refractivity contribution in [3.8, 4) is 0 Å². The van der Waals surface area contributed by atoms with Gasteiger partial charge >= 0.3 is 0 Å². The van der Waals surface area contributed by atoms with E-state index in [-0.39, 0.29) is 5.41 Å². The number of hydrogen-bond donors (Lipinski definition) is 0. The average Bonchev–Trinajstić information content (AvgIpc) is 2.55. The van der Waals surface area contributed by atoms with Crippen LogP contribution in [0.3, 0.4) is 0 Å². The van der Waals surface area contributed by atoms with Gasteiger partial charge in [0.05, 0.1) is 11.5 Å². The third-order valence-electron chi connectivity index (χ3n) is 3.45. The minimum Gasteiger partial charge on any atom is -0.229 e. The summed E-state index contributed by atoms with van der Waals surface area (Å²) in [5, 5.41) is 1.76. The number of hydrogen-bond acceptors (Lipinski definition) is 2. The summed E-state index contributed by atoms with van der Waals surface area (Å²) in [6.45, 7) is 4.40. The summed E-state index contributed by atoms with van der Waals surface area (Å²) >= 11 is 7.17. The van der Waals surface area contributed by atoms with Crippen LogP contribution in [0.25, 0.3) is 0 Å². The molecule has 16 heavy (non-hydrogen) atoms. The van der Waals surface area contributed by atoms with Gasteiger partial charge in [0.15, 0.2) is 9.84 Å². The molecule has 1 fully saturated rings. The summed E-state index contributed by atoms with van der Waals surface area (Å²) in [5.41, 5.74) is 0.0950. The van der Waals surface area contributed by atoms with Crippen molar-refractivity contribution in [1.82, 2.24) is 0 Å². The zero-order valence-electron chi connectivity index (χ0n) is 9.88. The van der Waals surface area contributed by atoms with Gasteiger partial charge in [0, 0.05) is 10.7 Å². The van der Waals surface area contributed by atoms with Gasteiger partial charge in [-0.2, -0.15) is 0 Å². The maximum Gasteiger partial charge on any atom is 0.150 e. The maximum absolute atomic E-state index is 11.6. The predicted molar refractivity (Wildman–Crippen MR) is 76.2 cm³/mol. The molecule has 1 aliphatic heterocycles. The molecule has 0 aromatic rings. The molecule has 0 radical (unpaired) electrons. The van der Waals surface area contributed by atoms with Gasteiger partial charge in [0.1, 0.15) is 0 Å². The van der Waals surface area contributed by atoms with Crippen LogP contribution in [0.2, 0.25) is 0 Å². The fourth-order valence-corrected chi connectivity index (χ4v) is 6.87. The summed E-state index contributed by atoms with van der Waals surface area (Å²) in [7, 11) is -2.78. The molecule has 0 spiro atoms.